The molecule has 1 fully saturated rings. The first-order chi connectivity index (χ1) is 17.4. The number of esters is 1. The van der Waals surface area contributed by atoms with Crippen molar-refractivity contribution in [3.05, 3.63) is 64.6 Å². The average molecular weight is 513 g/mol. The van der Waals surface area contributed by atoms with Gasteiger partial charge < -0.3 is 18.9 Å². The zero-order valence-corrected chi connectivity index (χ0v) is 21.1. The van der Waals surface area contributed by atoms with Crippen molar-refractivity contribution < 1.29 is 23.5 Å². The molecule has 1 heterocycles. The SMILES string of the molecule is CCOC(=O)Cn1c2c(c3cc(F)ccc31)C[C@@H](N(CC1CC1)C(=O)COc1cccc(Cl)c1)CC2. The highest BCUT2D eigenvalue weighted by atomic mass is 35.5. The van der Waals surface area contributed by atoms with Gasteiger partial charge in [-0.15, -0.1) is 0 Å². The highest BCUT2D eigenvalue weighted by Gasteiger charge is 2.35. The normalized spacial score (nSPS) is 17.0. The molecule has 0 aliphatic heterocycles. The number of hydrogen-bond acceptors (Lipinski definition) is 4. The Morgan fingerprint density at radius 2 is 2.00 bits per heavy atom. The first-order valence-electron chi connectivity index (χ1n) is 12.6. The lowest BCUT2D eigenvalue weighted by molar-refractivity contribution is -0.143. The van der Waals surface area contributed by atoms with Crippen molar-refractivity contribution in [1.29, 1.82) is 0 Å². The first-order valence-corrected chi connectivity index (χ1v) is 12.9. The van der Waals surface area contributed by atoms with Gasteiger partial charge in [0.1, 0.15) is 18.1 Å². The zero-order valence-electron chi connectivity index (χ0n) is 20.3. The smallest absolute Gasteiger partial charge is 0.325 e. The zero-order chi connectivity index (χ0) is 25.2. The fourth-order valence-electron chi connectivity index (χ4n) is 5.20. The minimum Gasteiger partial charge on any atom is -0.484 e. The average Bonchev–Trinajstić information content (AvgIpc) is 3.64. The molecule has 0 radical (unpaired) electrons. The predicted molar refractivity (Wildman–Crippen MR) is 136 cm³/mol. The summed E-state index contributed by atoms with van der Waals surface area (Å²) in [4.78, 5) is 27.6. The van der Waals surface area contributed by atoms with Gasteiger partial charge in [-0.3, -0.25) is 9.59 Å². The Hall–Kier alpha value is -3.06. The second-order valence-electron chi connectivity index (χ2n) is 9.61. The van der Waals surface area contributed by atoms with Crippen molar-refractivity contribution in [2.75, 3.05) is 19.8 Å². The van der Waals surface area contributed by atoms with Gasteiger partial charge in [-0.05, 0) is 86.9 Å². The van der Waals surface area contributed by atoms with Crippen LogP contribution in [0.3, 0.4) is 0 Å². The van der Waals surface area contributed by atoms with Crippen LogP contribution in [0.4, 0.5) is 4.39 Å². The molecule has 1 amide bonds. The number of benzene rings is 2. The Morgan fingerprint density at radius 1 is 1.17 bits per heavy atom. The minimum absolute atomic E-state index is 0.0153. The fraction of sp³-hybridized carbons (Fsp3) is 0.429. The lowest BCUT2D eigenvalue weighted by Gasteiger charge is -2.35. The van der Waals surface area contributed by atoms with Gasteiger partial charge in [-0.25, -0.2) is 4.39 Å². The number of carbonyl (C=O) groups excluding carboxylic acids is 2. The summed E-state index contributed by atoms with van der Waals surface area (Å²) in [6, 6.07) is 11.7. The van der Waals surface area contributed by atoms with E-state index in [4.69, 9.17) is 21.1 Å². The standard InChI is InChI=1S/C28H30ClFN2O4/c1-2-35-28(34)16-32-25-10-8-20(30)13-23(25)24-14-21(9-11-26(24)32)31(15-18-6-7-18)27(33)17-36-22-5-3-4-19(29)12-22/h3-5,8,10,12-13,18,21H,2,6-7,9,11,14-17H2,1H3/t21-/m0/s1. The molecule has 0 bridgehead atoms. The molecular weight excluding hydrogens is 483 g/mol. The number of aromatic nitrogens is 1. The van der Waals surface area contributed by atoms with Crippen LogP contribution in [0.5, 0.6) is 5.75 Å². The third-order valence-electron chi connectivity index (χ3n) is 7.07. The molecule has 0 spiro atoms. The van der Waals surface area contributed by atoms with Crippen molar-refractivity contribution in [3.8, 4) is 5.75 Å². The Labute approximate surface area is 214 Å². The predicted octanol–water partition coefficient (Wildman–Crippen LogP) is 5.17. The summed E-state index contributed by atoms with van der Waals surface area (Å²) in [6.07, 6.45) is 4.33. The van der Waals surface area contributed by atoms with Crippen molar-refractivity contribution in [3.63, 3.8) is 0 Å². The summed E-state index contributed by atoms with van der Waals surface area (Å²) in [5.41, 5.74) is 2.85. The van der Waals surface area contributed by atoms with E-state index in [1.165, 1.54) is 12.1 Å². The molecule has 6 nitrogen and oxygen atoms in total. The maximum Gasteiger partial charge on any atom is 0.325 e. The van der Waals surface area contributed by atoms with Crippen LogP contribution in [0, 0.1) is 11.7 Å². The summed E-state index contributed by atoms with van der Waals surface area (Å²) >= 11 is 6.05. The second-order valence-corrected chi connectivity index (χ2v) is 10.0. The lowest BCUT2D eigenvalue weighted by atomic mass is 9.90. The van der Waals surface area contributed by atoms with Gasteiger partial charge in [0.2, 0.25) is 0 Å². The van der Waals surface area contributed by atoms with E-state index in [2.05, 4.69) is 0 Å². The molecule has 1 atom stereocenters. The van der Waals surface area contributed by atoms with E-state index in [1.807, 2.05) is 9.47 Å². The number of carbonyl (C=O) groups is 2. The van der Waals surface area contributed by atoms with Crippen LogP contribution in [0.1, 0.15) is 37.4 Å². The van der Waals surface area contributed by atoms with E-state index in [9.17, 15) is 14.0 Å². The van der Waals surface area contributed by atoms with Gasteiger partial charge in [0, 0.05) is 34.2 Å². The maximum atomic E-state index is 14.3. The number of amides is 1. The van der Waals surface area contributed by atoms with Crippen molar-refractivity contribution in [1.82, 2.24) is 9.47 Å². The Morgan fingerprint density at radius 3 is 2.75 bits per heavy atom. The highest BCUT2D eigenvalue weighted by molar-refractivity contribution is 6.30. The molecule has 0 unspecified atom stereocenters. The Kier molecular flexibility index (Phi) is 7.19. The molecule has 2 aliphatic rings. The van der Waals surface area contributed by atoms with Crippen LogP contribution in [0.15, 0.2) is 42.5 Å². The molecule has 0 saturated heterocycles. The largest absolute Gasteiger partial charge is 0.484 e. The molecule has 8 heteroatoms. The van der Waals surface area contributed by atoms with Crippen molar-refractivity contribution in [2.24, 2.45) is 5.92 Å². The van der Waals surface area contributed by atoms with Gasteiger partial charge in [-0.2, -0.15) is 0 Å². The highest BCUT2D eigenvalue weighted by Crippen LogP contribution is 2.36. The monoisotopic (exact) mass is 512 g/mol. The van der Waals surface area contributed by atoms with E-state index in [0.29, 0.717) is 42.7 Å². The summed E-state index contributed by atoms with van der Waals surface area (Å²) in [7, 11) is 0. The number of halogens is 2. The number of ether oxygens (including phenoxy) is 2. The van der Waals surface area contributed by atoms with E-state index in [-0.39, 0.29) is 36.9 Å². The Bertz CT molecular complexity index is 1290. The maximum absolute atomic E-state index is 14.3. The van der Waals surface area contributed by atoms with E-state index < -0.39 is 0 Å². The summed E-state index contributed by atoms with van der Waals surface area (Å²) in [5, 5.41) is 1.36. The third-order valence-corrected chi connectivity index (χ3v) is 7.30. The number of hydrogen-bond donors (Lipinski definition) is 0. The number of nitrogens with zero attached hydrogens (tertiary/aromatic N) is 2. The van der Waals surface area contributed by atoms with Gasteiger partial charge in [0.15, 0.2) is 6.61 Å². The number of fused-ring (bicyclic) bond motifs is 3. The second kappa shape index (κ2) is 10.5. The first kappa shape index (κ1) is 24.6. The van der Waals surface area contributed by atoms with Crippen LogP contribution < -0.4 is 4.74 Å². The molecule has 1 aromatic heterocycles. The molecule has 3 aromatic rings. The topological polar surface area (TPSA) is 60.8 Å². The lowest BCUT2D eigenvalue weighted by Crippen LogP contribution is -2.46. The molecule has 2 aromatic carbocycles. The van der Waals surface area contributed by atoms with Gasteiger partial charge >= 0.3 is 5.97 Å². The summed E-state index contributed by atoms with van der Waals surface area (Å²) < 4.78 is 27.2. The van der Waals surface area contributed by atoms with Crippen LogP contribution in [0.2, 0.25) is 5.02 Å². The van der Waals surface area contributed by atoms with E-state index >= 15 is 0 Å². The third kappa shape index (κ3) is 5.36. The van der Waals surface area contributed by atoms with E-state index in [1.54, 1.807) is 37.3 Å². The summed E-state index contributed by atoms with van der Waals surface area (Å²) in [6.45, 7) is 2.83. The van der Waals surface area contributed by atoms with Crippen LogP contribution in [-0.4, -0.2) is 47.1 Å². The van der Waals surface area contributed by atoms with Crippen molar-refractivity contribution >= 4 is 34.4 Å². The van der Waals surface area contributed by atoms with Gasteiger partial charge in [-0.1, -0.05) is 17.7 Å². The quantitative estimate of drug-likeness (QED) is 0.371. The number of rotatable bonds is 9. The molecule has 36 heavy (non-hydrogen) atoms. The van der Waals surface area contributed by atoms with E-state index in [0.717, 1.165) is 41.4 Å². The fourth-order valence-corrected chi connectivity index (χ4v) is 5.38. The van der Waals surface area contributed by atoms with Crippen LogP contribution in [0.25, 0.3) is 10.9 Å². The molecule has 1 saturated carbocycles. The molecule has 5 rings (SSSR count). The summed E-state index contributed by atoms with van der Waals surface area (Å²) in [5.74, 6) is 0.389. The molecular formula is C28H30ClFN2O4. The molecule has 0 N–H and O–H groups in total. The van der Waals surface area contributed by atoms with Crippen LogP contribution >= 0.6 is 11.6 Å². The minimum atomic E-state index is -0.318. The molecule has 2 aliphatic carbocycles. The van der Waals surface area contributed by atoms with Gasteiger partial charge in [0.05, 0.1) is 6.61 Å². The molecule has 190 valence electrons. The van der Waals surface area contributed by atoms with Gasteiger partial charge in [0.25, 0.3) is 5.91 Å². The van der Waals surface area contributed by atoms with Crippen LogP contribution in [-0.2, 0) is 33.7 Å². The Balaban J connectivity index is 1.40. The van der Waals surface area contributed by atoms with Crippen molar-refractivity contribution in [2.45, 2.75) is 51.6 Å².